The minimum Gasteiger partial charge on any atom is -0.382 e. The predicted molar refractivity (Wildman–Crippen MR) is 104 cm³/mol. The van der Waals surface area contributed by atoms with Gasteiger partial charge in [-0.15, -0.1) is 10.2 Å². The summed E-state index contributed by atoms with van der Waals surface area (Å²) in [6.45, 7) is 8.03. The molecule has 0 aliphatic carbocycles. The Morgan fingerprint density at radius 3 is 2.14 bits per heavy atom. The lowest BCUT2D eigenvalue weighted by Crippen LogP contribution is -2.13. The van der Waals surface area contributed by atoms with E-state index in [1.165, 1.54) is 6.07 Å². The molecule has 11 heteroatoms. The van der Waals surface area contributed by atoms with Crippen molar-refractivity contribution in [1.29, 1.82) is 0 Å². The molecule has 0 aliphatic heterocycles. The van der Waals surface area contributed by atoms with Gasteiger partial charge in [-0.25, -0.2) is 8.42 Å². The molecule has 0 bridgehead atoms. The van der Waals surface area contributed by atoms with E-state index in [0.717, 1.165) is 31.5 Å². The topological polar surface area (TPSA) is 110 Å². The molecule has 1 aromatic carbocycles. The van der Waals surface area contributed by atoms with E-state index in [1.807, 2.05) is 0 Å². The zero-order valence-corrected chi connectivity index (χ0v) is 16.9. The van der Waals surface area contributed by atoms with E-state index in [4.69, 9.17) is 5.73 Å². The predicted octanol–water partition coefficient (Wildman–Crippen LogP) is 3.04. The SMILES string of the molecule is CCNCC.Cc1cc(N)nnc1-c1ccc(C(F)(F)F)cc1NS(C)(=O)=O. The van der Waals surface area contributed by atoms with Gasteiger partial charge in [0.25, 0.3) is 0 Å². The number of alkyl halides is 3. The number of halogens is 3. The number of nitrogens with two attached hydrogens (primary N) is 1. The third-order valence-corrected chi connectivity index (χ3v) is 3.99. The van der Waals surface area contributed by atoms with E-state index in [0.29, 0.717) is 11.6 Å². The highest BCUT2D eigenvalue weighted by Crippen LogP contribution is 2.36. The summed E-state index contributed by atoms with van der Waals surface area (Å²) in [6.07, 6.45) is -3.76. The molecule has 28 heavy (non-hydrogen) atoms. The zero-order chi connectivity index (χ0) is 21.5. The van der Waals surface area contributed by atoms with Crippen LogP contribution in [0, 0.1) is 6.92 Å². The van der Waals surface area contributed by atoms with Crippen LogP contribution in [0.5, 0.6) is 0 Å². The molecule has 2 rings (SSSR count). The molecule has 0 aliphatic rings. The van der Waals surface area contributed by atoms with Crippen LogP contribution >= 0.6 is 0 Å². The third-order valence-electron chi connectivity index (χ3n) is 3.40. The second-order valence-corrected chi connectivity index (χ2v) is 7.64. The Morgan fingerprint density at radius 2 is 1.71 bits per heavy atom. The van der Waals surface area contributed by atoms with Crippen molar-refractivity contribution in [3.63, 3.8) is 0 Å². The Kier molecular flexibility index (Phi) is 8.18. The first-order valence-electron chi connectivity index (χ1n) is 8.39. The fraction of sp³-hybridized carbons (Fsp3) is 0.412. The Morgan fingerprint density at radius 1 is 1.11 bits per heavy atom. The minimum absolute atomic E-state index is 0.149. The average molecular weight is 419 g/mol. The number of benzene rings is 1. The van der Waals surface area contributed by atoms with Crippen molar-refractivity contribution < 1.29 is 21.6 Å². The van der Waals surface area contributed by atoms with Crippen LogP contribution in [0.25, 0.3) is 11.3 Å². The summed E-state index contributed by atoms with van der Waals surface area (Å²) < 4.78 is 63.5. The van der Waals surface area contributed by atoms with Gasteiger partial charge in [-0.05, 0) is 43.8 Å². The van der Waals surface area contributed by atoms with Crippen LogP contribution in [0.3, 0.4) is 0 Å². The molecule has 0 radical (unpaired) electrons. The lowest BCUT2D eigenvalue weighted by atomic mass is 10.0. The van der Waals surface area contributed by atoms with Gasteiger partial charge >= 0.3 is 6.18 Å². The second kappa shape index (κ2) is 9.69. The number of sulfonamides is 1. The van der Waals surface area contributed by atoms with Gasteiger partial charge in [0.1, 0.15) is 5.82 Å². The highest BCUT2D eigenvalue weighted by Gasteiger charge is 2.31. The van der Waals surface area contributed by atoms with Gasteiger partial charge in [-0.2, -0.15) is 13.2 Å². The van der Waals surface area contributed by atoms with Gasteiger partial charge in [0, 0.05) is 5.56 Å². The molecule has 0 fully saturated rings. The summed E-state index contributed by atoms with van der Waals surface area (Å²) in [6, 6.07) is 4.20. The van der Waals surface area contributed by atoms with E-state index in [-0.39, 0.29) is 22.8 Å². The third kappa shape index (κ3) is 7.31. The zero-order valence-electron chi connectivity index (χ0n) is 16.1. The maximum atomic E-state index is 12.8. The molecule has 0 unspecified atom stereocenters. The van der Waals surface area contributed by atoms with Crippen LogP contribution in [-0.2, 0) is 16.2 Å². The molecule has 7 nitrogen and oxygen atoms in total. The van der Waals surface area contributed by atoms with Gasteiger partial charge < -0.3 is 11.1 Å². The van der Waals surface area contributed by atoms with Gasteiger partial charge in [-0.3, -0.25) is 4.72 Å². The molecule has 0 spiro atoms. The first-order chi connectivity index (χ1) is 12.9. The van der Waals surface area contributed by atoms with Crippen molar-refractivity contribution in [2.45, 2.75) is 26.9 Å². The van der Waals surface area contributed by atoms with Gasteiger partial charge in [0.2, 0.25) is 10.0 Å². The number of aromatic nitrogens is 2. The van der Waals surface area contributed by atoms with Crippen molar-refractivity contribution in [2.75, 3.05) is 29.8 Å². The van der Waals surface area contributed by atoms with Crippen molar-refractivity contribution in [2.24, 2.45) is 0 Å². The molecule has 4 N–H and O–H groups in total. The summed E-state index contributed by atoms with van der Waals surface area (Å²) in [5, 5.41) is 10.6. The fourth-order valence-corrected chi connectivity index (χ4v) is 2.80. The van der Waals surface area contributed by atoms with Gasteiger partial charge in [0.05, 0.1) is 23.2 Å². The quantitative estimate of drug-likeness (QED) is 0.687. The lowest BCUT2D eigenvalue weighted by molar-refractivity contribution is -0.137. The Labute approximate surface area is 162 Å². The van der Waals surface area contributed by atoms with Crippen molar-refractivity contribution in [3.8, 4) is 11.3 Å². The number of rotatable bonds is 5. The summed E-state index contributed by atoms with van der Waals surface area (Å²) in [4.78, 5) is 0. The van der Waals surface area contributed by atoms with E-state index < -0.39 is 21.8 Å². The molecule has 1 aromatic heterocycles. The average Bonchev–Trinajstić information content (AvgIpc) is 2.54. The Balaban J connectivity index is 0.000000696. The summed E-state index contributed by atoms with van der Waals surface area (Å²) in [5.41, 5.74) is 5.24. The van der Waals surface area contributed by atoms with Gasteiger partial charge in [0.15, 0.2) is 0 Å². The molecule has 156 valence electrons. The molecular weight excluding hydrogens is 395 g/mol. The number of nitrogens with zero attached hydrogens (tertiary/aromatic N) is 2. The molecule has 0 amide bonds. The number of aryl methyl sites for hydroxylation is 1. The highest BCUT2D eigenvalue weighted by molar-refractivity contribution is 7.92. The first kappa shape index (κ1) is 23.6. The molecule has 0 atom stereocenters. The molecule has 0 saturated carbocycles. The number of nitrogens with one attached hydrogen (secondary N) is 2. The lowest BCUT2D eigenvalue weighted by Gasteiger charge is -2.15. The summed E-state index contributed by atoms with van der Waals surface area (Å²) in [5.74, 6) is 0.149. The van der Waals surface area contributed by atoms with Crippen LogP contribution < -0.4 is 15.8 Å². The monoisotopic (exact) mass is 419 g/mol. The normalized spacial score (nSPS) is 11.5. The standard InChI is InChI=1S/C13H13F3N4O2S.C4H11N/c1-7-5-11(17)18-19-12(7)9-4-3-8(13(14,15)16)6-10(9)20-23(2,21)22;1-3-5-4-2/h3-6,20H,1-2H3,(H2,17,18);5H,3-4H2,1-2H3. The van der Waals surface area contributed by atoms with Crippen LogP contribution in [-0.4, -0.2) is 38.0 Å². The number of hydrogen-bond donors (Lipinski definition) is 3. The Hall–Kier alpha value is -2.40. The number of anilines is 2. The minimum atomic E-state index is -4.60. The van der Waals surface area contributed by atoms with Crippen molar-refractivity contribution in [1.82, 2.24) is 15.5 Å². The number of hydrogen-bond acceptors (Lipinski definition) is 6. The van der Waals surface area contributed by atoms with Crippen molar-refractivity contribution >= 4 is 21.5 Å². The van der Waals surface area contributed by atoms with Crippen LogP contribution in [0.1, 0.15) is 25.0 Å². The van der Waals surface area contributed by atoms with E-state index in [2.05, 4.69) is 34.1 Å². The largest absolute Gasteiger partial charge is 0.416 e. The van der Waals surface area contributed by atoms with E-state index in [1.54, 1.807) is 6.92 Å². The van der Waals surface area contributed by atoms with Crippen molar-refractivity contribution in [3.05, 3.63) is 35.4 Å². The maximum absolute atomic E-state index is 12.8. The van der Waals surface area contributed by atoms with Gasteiger partial charge in [-0.1, -0.05) is 19.9 Å². The summed E-state index contributed by atoms with van der Waals surface area (Å²) >= 11 is 0. The second-order valence-electron chi connectivity index (χ2n) is 5.89. The maximum Gasteiger partial charge on any atom is 0.416 e. The highest BCUT2D eigenvalue weighted by atomic mass is 32.2. The van der Waals surface area contributed by atoms with Crippen LogP contribution in [0.4, 0.5) is 24.7 Å². The first-order valence-corrected chi connectivity index (χ1v) is 10.3. The molecule has 1 heterocycles. The Bertz CT molecular complexity index is 900. The van der Waals surface area contributed by atoms with E-state index >= 15 is 0 Å². The van der Waals surface area contributed by atoms with Crippen LogP contribution in [0.2, 0.25) is 0 Å². The summed E-state index contributed by atoms with van der Waals surface area (Å²) in [7, 11) is -3.78. The smallest absolute Gasteiger partial charge is 0.382 e. The molecular formula is C17H24F3N5O2S. The molecule has 0 saturated heterocycles. The molecule has 2 aromatic rings. The number of nitrogen functional groups attached to an aromatic ring is 1. The fourth-order valence-electron chi connectivity index (χ4n) is 2.23. The van der Waals surface area contributed by atoms with Crippen LogP contribution in [0.15, 0.2) is 24.3 Å². The van der Waals surface area contributed by atoms with E-state index in [9.17, 15) is 21.6 Å².